The number of alkyl halides is 2. The lowest BCUT2D eigenvalue weighted by Crippen LogP contribution is -2.27. The molecule has 2 nitrogen and oxygen atoms in total. The summed E-state index contributed by atoms with van der Waals surface area (Å²) in [7, 11) is 0. The number of carbonyl (C=O) groups excluding carboxylic acids is 1. The van der Waals surface area contributed by atoms with E-state index in [-0.39, 0.29) is 12.5 Å². The molecule has 1 aromatic carbocycles. The Labute approximate surface area is 111 Å². The zero-order valence-corrected chi connectivity index (χ0v) is 11.3. The lowest BCUT2D eigenvalue weighted by Gasteiger charge is -2.06. The predicted molar refractivity (Wildman–Crippen MR) is 67.0 cm³/mol. The molecule has 0 atom stereocenters. The van der Waals surface area contributed by atoms with Gasteiger partial charge in [-0.3, -0.25) is 4.79 Å². The van der Waals surface area contributed by atoms with Gasteiger partial charge in [0.2, 0.25) is 0 Å². The number of nitrogens with one attached hydrogen (secondary N) is 1. The van der Waals surface area contributed by atoms with Crippen LogP contribution in [0, 0.1) is 0 Å². The molecule has 1 N–H and O–H groups in total. The van der Waals surface area contributed by atoms with Gasteiger partial charge >= 0.3 is 0 Å². The SMILES string of the molecule is O=C(NCC(Cl)Cl)c1cc(Cl)cc(Br)c1. The van der Waals surface area contributed by atoms with Gasteiger partial charge in [-0.1, -0.05) is 27.5 Å². The van der Waals surface area contributed by atoms with Gasteiger partial charge in [-0.25, -0.2) is 0 Å². The molecule has 6 heteroatoms. The van der Waals surface area contributed by atoms with E-state index in [4.69, 9.17) is 34.8 Å². The highest BCUT2D eigenvalue weighted by Gasteiger charge is 2.08. The Hall–Kier alpha value is 0.0400. The predicted octanol–water partition coefficient (Wildman–Crippen LogP) is 3.64. The van der Waals surface area contributed by atoms with Crippen LogP contribution in [0.2, 0.25) is 5.02 Å². The topological polar surface area (TPSA) is 29.1 Å². The molecule has 0 saturated carbocycles. The molecule has 0 aromatic heterocycles. The fraction of sp³-hybridized carbons (Fsp3) is 0.222. The summed E-state index contributed by atoms with van der Waals surface area (Å²) in [6.45, 7) is 0.200. The summed E-state index contributed by atoms with van der Waals surface area (Å²) in [4.78, 5) is 10.9. The largest absolute Gasteiger partial charge is 0.349 e. The second-order valence-electron chi connectivity index (χ2n) is 2.76. The minimum atomic E-state index is -0.614. The highest BCUT2D eigenvalue weighted by Crippen LogP contribution is 2.19. The molecule has 15 heavy (non-hydrogen) atoms. The molecule has 1 aromatic rings. The average molecular weight is 331 g/mol. The van der Waals surface area contributed by atoms with E-state index in [1.165, 1.54) is 0 Å². The molecule has 0 spiro atoms. The molecule has 1 rings (SSSR count). The first kappa shape index (κ1) is 13.1. The number of rotatable bonds is 3. The van der Waals surface area contributed by atoms with E-state index in [0.717, 1.165) is 4.47 Å². The van der Waals surface area contributed by atoms with Crippen LogP contribution in [0.3, 0.4) is 0 Å². The first-order valence-corrected chi connectivity index (χ1v) is 6.06. The van der Waals surface area contributed by atoms with E-state index >= 15 is 0 Å². The number of amides is 1. The van der Waals surface area contributed by atoms with E-state index in [2.05, 4.69) is 21.2 Å². The van der Waals surface area contributed by atoms with Crippen LogP contribution < -0.4 is 5.32 Å². The summed E-state index contributed by atoms with van der Waals surface area (Å²) in [6.07, 6.45) is 0. The minimum Gasteiger partial charge on any atom is -0.349 e. The van der Waals surface area contributed by atoms with E-state index in [1.54, 1.807) is 18.2 Å². The van der Waals surface area contributed by atoms with Gasteiger partial charge in [0.15, 0.2) is 0 Å². The van der Waals surface area contributed by atoms with E-state index < -0.39 is 4.84 Å². The molecule has 82 valence electrons. The maximum absolute atomic E-state index is 11.5. The molecule has 0 bridgehead atoms. The smallest absolute Gasteiger partial charge is 0.251 e. The second-order valence-corrected chi connectivity index (χ2v) is 5.39. The van der Waals surface area contributed by atoms with Gasteiger partial charge in [0.1, 0.15) is 4.84 Å². The summed E-state index contributed by atoms with van der Waals surface area (Å²) in [5.41, 5.74) is 0.461. The Kier molecular flexibility index (Phi) is 5.19. The van der Waals surface area contributed by atoms with Gasteiger partial charge in [-0.05, 0) is 18.2 Å². The van der Waals surface area contributed by atoms with Crippen LogP contribution in [-0.2, 0) is 0 Å². The van der Waals surface area contributed by atoms with Crippen LogP contribution in [0.4, 0.5) is 0 Å². The van der Waals surface area contributed by atoms with E-state index in [1.807, 2.05) is 0 Å². The molecule has 0 fully saturated rings. The van der Waals surface area contributed by atoms with Gasteiger partial charge in [0.25, 0.3) is 5.91 Å². The summed E-state index contributed by atoms with van der Waals surface area (Å²) >= 11 is 20.0. The number of hydrogen-bond acceptors (Lipinski definition) is 1. The van der Waals surface area contributed by atoms with Gasteiger partial charge in [0.05, 0.1) is 0 Å². The van der Waals surface area contributed by atoms with Crippen molar-refractivity contribution in [3.63, 3.8) is 0 Å². The quantitative estimate of drug-likeness (QED) is 0.842. The maximum atomic E-state index is 11.5. The number of carbonyl (C=O) groups is 1. The van der Waals surface area contributed by atoms with Crippen molar-refractivity contribution in [3.8, 4) is 0 Å². The molecule has 0 unspecified atom stereocenters. The molecular weight excluding hydrogens is 324 g/mol. The molecule has 0 heterocycles. The van der Waals surface area contributed by atoms with Crippen molar-refractivity contribution >= 4 is 56.6 Å². The first-order valence-electron chi connectivity index (χ1n) is 4.01. The Morgan fingerprint density at radius 1 is 1.40 bits per heavy atom. The molecule has 0 saturated heterocycles. The third kappa shape index (κ3) is 4.60. The maximum Gasteiger partial charge on any atom is 0.251 e. The first-order chi connectivity index (χ1) is 6.99. The highest BCUT2D eigenvalue weighted by molar-refractivity contribution is 9.10. The summed E-state index contributed by atoms with van der Waals surface area (Å²) in [5.74, 6) is -0.260. The van der Waals surface area contributed by atoms with Gasteiger partial charge in [0, 0.05) is 21.6 Å². The molecule has 0 aliphatic rings. The fourth-order valence-electron chi connectivity index (χ4n) is 0.957. The van der Waals surface area contributed by atoms with Crippen LogP contribution in [0.5, 0.6) is 0 Å². The van der Waals surface area contributed by atoms with Crippen molar-refractivity contribution in [2.24, 2.45) is 0 Å². The molecule has 0 radical (unpaired) electrons. The Morgan fingerprint density at radius 3 is 2.60 bits per heavy atom. The summed E-state index contributed by atoms with van der Waals surface area (Å²) < 4.78 is 0.744. The third-order valence-corrected chi connectivity index (χ3v) is 2.53. The third-order valence-electron chi connectivity index (χ3n) is 1.54. The van der Waals surface area contributed by atoms with Gasteiger partial charge in [-0.15, -0.1) is 23.2 Å². The van der Waals surface area contributed by atoms with Crippen molar-refractivity contribution < 1.29 is 4.79 Å². The zero-order valence-electron chi connectivity index (χ0n) is 7.44. The second kappa shape index (κ2) is 5.94. The molecule has 0 aliphatic heterocycles. The minimum absolute atomic E-state index is 0.200. The standard InChI is InChI=1S/C9H7BrCl3NO/c10-6-1-5(2-7(11)3-6)9(15)14-4-8(12)13/h1-3,8H,4H2,(H,14,15). The molecule has 1 amide bonds. The Bertz CT molecular complexity index is 350. The van der Waals surface area contributed by atoms with Gasteiger partial charge in [-0.2, -0.15) is 0 Å². The number of halogens is 4. The van der Waals surface area contributed by atoms with Crippen LogP contribution in [0.25, 0.3) is 0 Å². The van der Waals surface area contributed by atoms with E-state index in [9.17, 15) is 4.79 Å². The fourth-order valence-corrected chi connectivity index (χ4v) is 1.97. The van der Waals surface area contributed by atoms with Crippen molar-refractivity contribution in [2.75, 3.05) is 6.54 Å². The monoisotopic (exact) mass is 329 g/mol. The number of benzene rings is 1. The molecular formula is C9H7BrCl3NO. The van der Waals surface area contributed by atoms with E-state index in [0.29, 0.717) is 10.6 Å². The zero-order chi connectivity index (χ0) is 11.4. The highest BCUT2D eigenvalue weighted by atomic mass is 79.9. The van der Waals surface area contributed by atoms with Crippen LogP contribution in [-0.4, -0.2) is 17.3 Å². The summed E-state index contributed by atoms with van der Waals surface area (Å²) in [5, 5.41) is 3.06. The normalized spacial score (nSPS) is 10.5. The number of hydrogen-bond donors (Lipinski definition) is 1. The Balaban J connectivity index is 2.73. The average Bonchev–Trinajstić information content (AvgIpc) is 2.12. The lowest BCUT2D eigenvalue weighted by atomic mass is 10.2. The van der Waals surface area contributed by atoms with Crippen molar-refractivity contribution in [1.29, 1.82) is 0 Å². The van der Waals surface area contributed by atoms with Crippen LogP contribution >= 0.6 is 50.7 Å². The lowest BCUT2D eigenvalue weighted by molar-refractivity contribution is 0.0955. The molecule has 0 aliphatic carbocycles. The Morgan fingerprint density at radius 2 is 2.07 bits per heavy atom. The van der Waals surface area contributed by atoms with Gasteiger partial charge < -0.3 is 5.32 Å². The van der Waals surface area contributed by atoms with Crippen molar-refractivity contribution in [1.82, 2.24) is 5.32 Å². The van der Waals surface area contributed by atoms with Crippen LogP contribution in [0.15, 0.2) is 22.7 Å². The summed E-state index contributed by atoms with van der Waals surface area (Å²) in [6, 6.07) is 4.93. The van der Waals surface area contributed by atoms with Crippen molar-refractivity contribution in [2.45, 2.75) is 4.84 Å². The van der Waals surface area contributed by atoms with Crippen LogP contribution in [0.1, 0.15) is 10.4 Å². The van der Waals surface area contributed by atoms with Crippen molar-refractivity contribution in [3.05, 3.63) is 33.3 Å².